The molecule has 1 N–H and O–H groups in total. The van der Waals surface area contributed by atoms with E-state index in [2.05, 4.69) is 10.3 Å². The van der Waals surface area contributed by atoms with Gasteiger partial charge < -0.3 is 14.8 Å². The van der Waals surface area contributed by atoms with Crippen LogP contribution < -0.4 is 10.1 Å². The van der Waals surface area contributed by atoms with Gasteiger partial charge in [-0.2, -0.15) is 13.2 Å². The minimum atomic E-state index is -4.36. The van der Waals surface area contributed by atoms with Crippen LogP contribution in [0.25, 0.3) is 10.6 Å². The molecule has 1 aromatic heterocycles. The Hall–Kier alpha value is -3.07. The third kappa shape index (κ3) is 6.08. The number of hydrogen-bond acceptors (Lipinski definition) is 6. The first kappa shape index (κ1) is 25.6. The molecular formula is C25H27F3N2O3S. The number of carbonyl (C=O) groups excluding carboxylic acids is 1. The lowest BCUT2D eigenvalue weighted by molar-refractivity contribution is -0.158. The molecule has 182 valence electrons. The van der Waals surface area contributed by atoms with E-state index < -0.39 is 23.3 Å². The second-order valence-electron chi connectivity index (χ2n) is 8.29. The molecule has 5 nitrogen and oxygen atoms in total. The monoisotopic (exact) mass is 492 g/mol. The van der Waals surface area contributed by atoms with Gasteiger partial charge in [-0.15, -0.1) is 0 Å². The van der Waals surface area contributed by atoms with Gasteiger partial charge in [0, 0.05) is 12.1 Å². The average molecular weight is 493 g/mol. The van der Waals surface area contributed by atoms with Gasteiger partial charge in [-0.25, -0.2) is 9.78 Å². The molecule has 34 heavy (non-hydrogen) atoms. The van der Waals surface area contributed by atoms with Crippen molar-refractivity contribution < 1.29 is 27.4 Å². The van der Waals surface area contributed by atoms with Gasteiger partial charge >= 0.3 is 12.1 Å². The number of aryl methyl sites for hydroxylation is 2. The van der Waals surface area contributed by atoms with Gasteiger partial charge in [0.25, 0.3) is 0 Å². The number of ether oxygens (including phenoxy) is 2. The van der Waals surface area contributed by atoms with E-state index >= 15 is 0 Å². The normalized spacial score (nSPS) is 11.9. The van der Waals surface area contributed by atoms with Crippen molar-refractivity contribution >= 4 is 22.3 Å². The second kappa shape index (κ2) is 10.0. The Bertz CT molecular complexity index is 1160. The molecule has 0 radical (unpaired) electrons. The molecule has 0 aliphatic rings. The fraction of sp³-hybridized carbons (Fsp3) is 0.360. The van der Waals surface area contributed by atoms with Crippen molar-refractivity contribution in [3.8, 4) is 16.3 Å². The van der Waals surface area contributed by atoms with Crippen molar-refractivity contribution in [2.45, 2.75) is 52.9 Å². The Morgan fingerprint density at radius 2 is 1.76 bits per heavy atom. The summed E-state index contributed by atoms with van der Waals surface area (Å²) in [5.41, 5.74) is 1.50. The Kier molecular flexibility index (Phi) is 7.55. The first-order chi connectivity index (χ1) is 15.9. The molecule has 0 saturated heterocycles. The number of rotatable bonds is 8. The number of alkyl halides is 3. The summed E-state index contributed by atoms with van der Waals surface area (Å²) in [5.74, 6) is 0.171. The molecule has 0 spiro atoms. The predicted molar refractivity (Wildman–Crippen MR) is 127 cm³/mol. The molecule has 0 bridgehead atoms. The lowest BCUT2D eigenvalue weighted by Gasteiger charge is -2.25. The zero-order valence-electron chi connectivity index (χ0n) is 19.7. The van der Waals surface area contributed by atoms with Crippen LogP contribution in [-0.4, -0.2) is 23.2 Å². The molecule has 0 fully saturated rings. The minimum absolute atomic E-state index is 0.285. The molecule has 1 heterocycles. The SMILES string of the molecule is CCOC(=O)C(C)(C)Oc1ccc(CNc2sc(-c3ccc(C(F)(F)F)cc3)nc2C)cc1C. The molecule has 0 atom stereocenters. The molecule has 0 saturated carbocycles. The summed E-state index contributed by atoms with van der Waals surface area (Å²) in [6.45, 7) is 9.65. The topological polar surface area (TPSA) is 60.5 Å². The highest BCUT2D eigenvalue weighted by Gasteiger charge is 2.32. The quantitative estimate of drug-likeness (QED) is 0.351. The number of carbonyl (C=O) groups is 1. The summed E-state index contributed by atoms with van der Waals surface area (Å²) in [7, 11) is 0. The number of aromatic nitrogens is 1. The van der Waals surface area contributed by atoms with Crippen LogP contribution in [-0.2, 0) is 22.3 Å². The molecule has 9 heteroatoms. The molecule has 3 aromatic rings. The largest absolute Gasteiger partial charge is 0.476 e. The van der Waals surface area contributed by atoms with Gasteiger partial charge in [0.05, 0.1) is 17.9 Å². The van der Waals surface area contributed by atoms with Crippen LogP contribution in [0.15, 0.2) is 42.5 Å². The van der Waals surface area contributed by atoms with E-state index in [0.29, 0.717) is 22.9 Å². The van der Waals surface area contributed by atoms with E-state index in [0.717, 1.165) is 34.0 Å². The van der Waals surface area contributed by atoms with Crippen LogP contribution >= 0.6 is 11.3 Å². The number of nitrogens with zero attached hydrogens (tertiary/aromatic N) is 1. The van der Waals surface area contributed by atoms with Gasteiger partial charge in [-0.3, -0.25) is 0 Å². The highest BCUT2D eigenvalue weighted by Crippen LogP contribution is 2.35. The highest BCUT2D eigenvalue weighted by atomic mass is 32.1. The number of benzene rings is 2. The molecule has 2 aromatic carbocycles. The summed E-state index contributed by atoms with van der Waals surface area (Å²) in [5, 5.41) is 4.84. The van der Waals surface area contributed by atoms with E-state index in [1.165, 1.54) is 23.5 Å². The van der Waals surface area contributed by atoms with Crippen molar-refractivity contribution in [3.63, 3.8) is 0 Å². The zero-order chi connectivity index (χ0) is 25.1. The number of hydrogen-bond donors (Lipinski definition) is 1. The van der Waals surface area contributed by atoms with Crippen molar-refractivity contribution in [1.29, 1.82) is 0 Å². The zero-order valence-corrected chi connectivity index (χ0v) is 20.5. The third-order valence-corrected chi connectivity index (χ3v) is 6.24. The first-order valence-electron chi connectivity index (χ1n) is 10.8. The summed E-state index contributed by atoms with van der Waals surface area (Å²) < 4.78 is 49.4. The van der Waals surface area contributed by atoms with E-state index in [-0.39, 0.29) is 6.61 Å². The maximum atomic E-state index is 12.8. The molecular weight excluding hydrogens is 465 g/mol. The number of anilines is 1. The summed E-state index contributed by atoms with van der Waals surface area (Å²) in [4.78, 5) is 16.6. The van der Waals surface area contributed by atoms with E-state index in [1.807, 2.05) is 32.0 Å². The summed E-state index contributed by atoms with van der Waals surface area (Å²) in [6.07, 6.45) is -4.36. The van der Waals surface area contributed by atoms with Crippen molar-refractivity contribution in [2.75, 3.05) is 11.9 Å². The average Bonchev–Trinajstić information content (AvgIpc) is 3.14. The lowest BCUT2D eigenvalue weighted by atomic mass is 10.1. The molecule has 0 aliphatic heterocycles. The summed E-state index contributed by atoms with van der Waals surface area (Å²) in [6, 6.07) is 10.7. The van der Waals surface area contributed by atoms with Gasteiger partial charge in [0.1, 0.15) is 15.8 Å². The van der Waals surface area contributed by atoms with Crippen LogP contribution in [0.1, 0.15) is 43.2 Å². The highest BCUT2D eigenvalue weighted by molar-refractivity contribution is 7.19. The number of halogens is 3. The Balaban J connectivity index is 1.67. The number of nitrogens with one attached hydrogen (secondary N) is 1. The van der Waals surface area contributed by atoms with Crippen LogP contribution in [0.2, 0.25) is 0 Å². The Labute approximate surface area is 200 Å². The summed E-state index contributed by atoms with van der Waals surface area (Å²) >= 11 is 1.39. The molecule has 3 rings (SSSR count). The fourth-order valence-corrected chi connectivity index (χ4v) is 4.19. The second-order valence-corrected chi connectivity index (χ2v) is 9.29. The lowest BCUT2D eigenvalue weighted by Crippen LogP contribution is -2.39. The van der Waals surface area contributed by atoms with Crippen LogP contribution in [0.4, 0.5) is 18.2 Å². The van der Waals surface area contributed by atoms with Crippen molar-refractivity contribution in [2.24, 2.45) is 0 Å². The van der Waals surface area contributed by atoms with Crippen molar-refractivity contribution in [1.82, 2.24) is 4.98 Å². The van der Waals surface area contributed by atoms with Gasteiger partial charge in [-0.1, -0.05) is 35.6 Å². The molecule has 0 aliphatic carbocycles. The standard InChI is InChI=1S/C25H27F3N2O3S/c1-6-32-23(31)24(4,5)33-20-12-7-17(13-15(20)2)14-29-21-16(3)30-22(34-21)18-8-10-19(11-9-18)25(26,27)28/h7-13,29H,6,14H2,1-5H3. The van der Waals surface area contributed by atoms with Gasteiger partial charge in [0.15, 0.2) is 5.60 Å². The molecule has 0 amide bonds. The number of thiazole rings is 1. The third-order valence-electron chi connectivity index (χ3n) is 5.08. The van der Waals surface area contributed by atoms with Gasteiger partial charge in [-0.05, 0) is 63.9 Å². The van der Waals surface area contributed by atoms with E-state index in [4.69, 9.17) is 9.47 Å². The predicted octanol–water partition coefficient (Wildman–Crippen LogP) is 6.78. The van der Waals surface area contributed by atoms with Crippen molar-refractivity contribution in [3.05, 3.63) is 64.8 Å². The Morgan fingerprint density at radius 3 is 2.35 bits per heavy atom. The van der Waals surface area contributed by atoms with E-state index in [1.54, 1.807) is 20.8 Å². The van der Waals surface area contributed by atoms with E-state index in [9.17, 15) is 18.0 Å². The smallest absolute Gasteiger partial charge is 0.416 e. The minimum Gasteiger partial charge on any atom is -0.476 e. The van der Waals surface area contributed by atoms with Crippen LogP contribution in [0.5, 0.6) is 5.75 Å². The van der Waals surface area contributed by atoms with Crippen LogP contribution in [0.3, 0.4) is 0 Å². The maximum Gasteiger partial charge on any atom is 0.416 e. The fourth-order valence-electron chi connectivity index (χ4n) is 3.23. The number of esters is 1. The van der Waals surface area contributed by atoms with Gasteiger partial charge in [0.2, 0.25) is 0 Å². The maximum absolute atomic E-state index is 12.8. The molecule has 0 unspecified atom stereocenters. The first-order valence-corrected chi connectivity index (χ1v) is 11.6. The Morgan fingerprint density at radius 1 is 1.09 bits per heavy atom. The van der Waals surface area contributed by atoms with Crippen LogP contribution in [0, 0.1) is 13.8 Å².